The maximum absolute atomic E-state index is 13.0. The second kappa shape index (κ2) is 14.7. The molecule has 2 saturated carbocycles. The lowest BCUT2D eigenvalue weighted by atomic mass is 9.78. The number of carbonyl (C=O) groups is 1. The van der Waals surface area contributed by atoms with Crippen LogP contribution in [0.4, 0.5) is 5.69 Å². The van der Waals surface area contributed by atoms with Crippen molar-refractivity contribution in [3.8, 4) is 0 Å². The van der Waals surface area contributed by atoms with Crippen LogP contribution in [0.3, 0.4) is 0 Å². The van der Waals surface area contributed by atoms with E-state index in [0.717, 1.165) is 24.9 Å². The van der Waals surface area contributed by atoms with Crippen molar-refractivity contribution in [1.29, 1.82) is 0 Å². The molecule has 0 radical (unpaired) electrons. The predicted molar refractivity (Wildman–Crippen MR) is 154 cm³/mol. The average molecular weight is 548 g/mol. The molecule has 0 spiro atoms. The highest BCUT2D eigenvalue weighted by Crippen LogP contribution is 2.35. The first kappa shape index (κ1) is 29.3. The van der Waals surface area contributed by atoms with Crippen molar-refractivity contribution in [3.63, 3.8) is 0 Å². The van der Waals surface area contributed by atoms with Crippen LogP contribution in [-0.4, -0.2) is 60.9 Å². The van der Waals surface area contributed by atoms with E-state index in [1.165, 1.54) is 131 Å². The molecule has 0 amide bonds. The molecule has 1 heterocycles. The van der Waals surface area contributed by atoms with E-state index < -0.39 is 16.2 Å². The number of nitrogens with zero attached hydrogens (tertiary/aromatic N) is 2. The van der Waals surface area contributed by atoms with Gasteiger partial charge in [0.25, 0.3) is 0 Å². The summed E-state index contributed by atoms with van der Waals surface area (Å²) in [4.78, 5) is 13.6. The van der Waals surface area contributed by atoms with Gasteiger partial charge >= 0.3 is 16.2 Å². The summed E-state index contributed by atoms with van der Waals surface area (Å²) < 4.78 is 30.1. The maximum atomic E-state index is 13.0. The van der Waals surface area contributed by atoms with Crippen LogP contribution < -0.4 is 4.72 Å². The van der Waals surface area contributed by atoms with Gasteiger partial charge < -0.3 is 5.11 Å². The molecular formula is C30H49N3O4S. The highest BCUT2D eigenvalue weighted by atomic mass is 32.2. The van der Waals surface area contributed by atoms with E-state index in [4.69, 9.17) is 5.11 Å². The van der Waals surface area contributed by atoms with E-state index in [1.54, 1.807) is 0 Å². The van der Waals surface area contributed by atoms with Crippen LogP contribution in [0.5, 0.6) is 0 Å². The third-order valence-electron chi connectivity index (χ3n) is 9.30. The quantitative estimate of drug-likeness (QED) is 0.423. The molecule has 0 bridgehead atoms. The molecule has 4 rings (SSSR count). The topological polar surface area (TPSA) is 89.9 Å². The number of anilines is 1. The van der Waals surface area contributed by atoms with Gasteiger partial charge in [0.15, 0.2) is 0 Å². The molecule has 1 saturated heterocycles. The second-order valence-electron chi connectivity index (χ2n) is 11.9. The molecule has 38 heavy (non-hydrogen) atoms. The van der Waals surface area contributed by atoms with Crippen LogP contribution in [0, 0.1) is 11.8 Å². The fourth-order valence-corrected chi connectivity index (χ4v) is 8.25. The van der Waals surface area contributed by atoms with E-state index >= 15 is 0 Å². The van der Waals surface area contributed by atoms with Crippen LogP contribution in [-0.2, 0) is 10.2 Å². The molecule has 214 valence electrons. The van der Waals surface area contributed by atoms with Crippen LogP contribution in [0.25, 0.3) is 0 Å². The largest absolute Gasteiger partial charge is 0.478 e. The second-order valence-corrected chi connectivity index (χ2v) is 13.5. The van der Waals surface area contributed by atoms with Gasteiger partial charge in [-0.05, 0) is 48.9 Å². The van der Waals surface area contributed by atoms with Gasteiger partial charge in [-0.1, -0.05) is 89.9 Å². The SMILES string of the molecule is O=C(O)c1ccc(NS(=O)(=O)N2CCN(C3CCCCC(C4CCCCCCCCC4)CCC3)CC2)cc1. The standard InChI is InChI=1S/C30H49N3O4S/c34-30(35)27-17-19-28(20-18-27)31-38(36,37)33-23-21-32(22-24-33)29-15-9-8-13-26(14-10-16-29)25-11-6-4-2-1-3-5-7-12-25/h17-20,25-26,29,31H,1-16,21-24H2,(H,34,35). The molecule has 2 unspecified atom stereocenters. The number of piperazine rings is 1. The van der Waals surface area contributed by atoms with E-state index in [2.05, 4.69) is 9.62 Å². The van der Waals surface area contributed by atoms with E-state index in [0.29, 0.717) is 24.8 Å². The molecular weight excluding hydrogens is 498 g/mol. The lowest BCUT2D eigenvalue weighted by Crippen LogP contribution is -2.53. The monoisotopic (exact) mass is 547 g/mol. The smallest absolute Gasteiger partial charge is 0.335 e. The van der Waals surface area contributed by atoms with Crippen LogP contribution in [0.1, 0.15) is 113 Å². The molecule has 8 heteroatoms. The Hall–Kier alpha value is -1.64. The number of aromatic carboxylic acids is 1. The Kier molecular flexibility index (Phi) is 11.3. The molecule has 1 aromatic rings. The first-order valence-electron chi connectivity index (χ1n) is 15.3. The Labute approximate surface area is 230 Å². The molecule has 2 atom stereocenters. The number of rotatable bonds is 6. The Balaban J connectivity index is 1.25. The Bertz CT molecular complexity index is 950. The van der Waals surface area contributed by atoms with Crippen molar-refractivity contribution in [2.24, 2.45) is 11.8 Å². The number of hydrogen-bond donors (Lipinski definition) is 2. The first-order valence-corrected chi connectivity index (χ1v) is 16.7. The zero-order valence-electron chi connectivity index (χ0n) is 23.2. The fourth-order valence-electron chi connectivity index (χ4n) is 7.04. The number of nitrogens with one attached hydrogen (secondary N) is 1. The van der Waals surface area contributed by atoms with Gasteiger partial charge in [0.2, 0.25) is 0 Å². The summed E-state index contributed by atoms with van der Waals surface area (Å²) in [6.07, 6.45) is 22.1. The van der Waals surface area contributed by atoms with E-state index in [1.807, 2.05) is 0 Å². The van der Waals surface area contributed by atoms with Crippen molar-refractivity contribution in [2.45, 2.75) is 109 Å². The molecule has 2 aliphatic carbocycles. The van der Waals surface area contributed by atoms with Crippen LogP contribution in [0.15, 0.2) is 24.3 Å². The molecule has 0 aromatic heterocycles. The summed E-state index contributed by atoms with van der Waals surface area (Å²) in [6.45, 7) is 2.53. The Morgan fingerprint density at radius 2 is 1.16 bits per heavy atom. The zero-order valence-corrected chi connectivity index (χ0v) is 24.0. The van der Waals surface area contributed by atoms with Crippen LogP contribution in [0.2, 0.25) is 0 Å². The van der Waals surface area contributed by atoms with Gasteiger partial charge in [-0.2, -0.15) is 12.7 Å². The van der Waals surface area contributed by atoms with Gasteiger partial charge in [0.1, 0.15) is 0 Å². The molecule has 2 N–H and O–H groups in total. The van der Waals surface area contributed by atoms with Crippen molar-refractivity contribution in [3.05, 3.63) is 29.8 Å². The molecule has 3 aliphatic rings. The summed E-state index contributed by atoms with van der Waals surface area (Å²) >= 11 is 0. The molecule has 1 aliphatic heterocycles. The predicted octanol–water partition coefficient (Wildman–Crippen LogP) is 6.53. The number of carboxylic acid groups (broad SMARTS) is 1. The average Bonchev–Trinajstić information content (AvgIpc) is 3.04. The summed E-state index contributed by atoms with van der Waals surface area (Å²) in [7, 11) is -3.66. The molecule has 3 fully saturated rings. The van der Waals surface area contributed by atoms with Gasteiger partial charge in [-0.15, -0.1) is 0 Å². The third kappa shape index (κ3) is 8.68. The van der Waals surface area contributed by atoms with E-state index in [-0.39, 0.29) is 5.56 Å². The Morgan fingerprint density at radius 1 is 0.684 bits per heavy atom. The van der Waals surface area contributed by atoms with Crippen molar-refractivity contribution < 1.29 is 18.3 Å². The van der Waals surface area contributed by atoms with Gasteiger partial charge in [-0.3, -0.25) is 9.62 Å². The zero-order chi connectivity index (χ0) is 26.8. The highest BCUT2D eigenvalue weighted by molar-refractivity contribution is 7.90. The lowest BCUT2D eigenvalue weighted by molar-refractivity contribution is 0.0697. The Morgan fingerprint density at radius 3 is 1.74 bits per heavy atom. The minimum Gasteiger partial charge on any atom is -0.478 e. The fraction of sp³-hybridized carbons (Fsp3) is 0.767. The molecule has 1 aromatic carbocycles. The summed E-state index contributed by atoms with van der Waals surface area (Å²) in [5.74, 6) is 0.818. The number of hydrogen-bond acceptors (Lipinski definition) is 4. The van der Waals surface area contributed by atoms with Crippen molar-refractivity contribution in [2.75, 3.05) is 30.9 Å². The maximum Gasteiger partial charge on any atom is 0.335 e. The summed E-state index contributed by atoms with van der Waals surface area (Å²) in [5, 5.41) is 9.05. The minimum absolute atomic E-state index is 0.137. The normalized spacial score (nSPS) is 26.5. The van der Waals surface area contributed by atoms with Gasteiger partial charge in [0, 0.05) is 37.9 Å². The summed E-state index contributed by atoms with van der Waals surface area (Å²) in [5.41, 5.74) is 0.525. The third-order valence-corrected chi connectivity index (χ3v) is 10.8. The van der Waals surface area contributed by atoms with Crippen molar-refractivity contribution in [1.82, 2.24) is 9.21 Å². The van der Waals surface area contributed by atoms with Gasteiger partial charge in [0.05, 0.1) is 5.56 Å². The highest BCUT2D eigenvalue weighted by Gasteiger charge is 2.31. The number of benzene rings is 1. The minimum atomic E-state index is -3.66. The lowest BCUT2D eigenvalue weighted by Gasteiger charge is -2.39. The van der Waals surface area contributed by atoms with Gasteiger partial charge in [-0.25, -0.2) is 4.79 Å². The summed E-state index contributed by atoms with van der Waals surface area (Å²) in [6, 6.07) is 6.40. The molecule has 7 nitrogen and oxygen atoms in total. The van der Waals surface area contributed by atoms with Crippen LogP contribution >= 0.6 is 0 Å². The van der Waals surface area contributed by atoms with E-state index in [9.17, 15) is 13.2 Å². The van der Waals surface area contributed by atoms with Crippen molar-refractivity contribution >= 4 is 21.9 Å². The number of carboxylic acids is 1. The first-order chi connectivity index (χ1) is 18.4.